The van der Waals surface area contributed by atoms with Crippen molar-refractivity contribution in [2.45, 2.75) is 6.18 Å². The second-order valence-electron chi connectivity index (χ2n) is 3.88. The zero-order chi connectivity index (χ0) is 14.8. The van der Waals surface area contributed by atoms with Crippen molar-refractivity contribution in [1.82, 2.24) is 4.98 Å². The Morgan fingerprint density at radius 1 is 1.45 bits per heavy atom. The molecule has 0 radical (unpaired) electrons. The summed E-state index contributed by atoms with van der Waals surface area (Å²) in [5, 5.41) is 2.39. The molecule has 0 atom stereocenters. The lowest BCUT2D eigenvalue weighted by Crippen LogP contribution is -2.23. The number of oxazole rings is 1. The third kappa shape index (κ3) is 4.07. The Labute approximate surface area is 115 Å². The smallest absolute Gasteiger partial charge is 0.411 e. The van der Waals surface area contributed by atoms with Crippen molar-refractivity contribution >= 4 is 34.9 Å². The van der Waals surface area contributed by atoms with Crippen LogP contribution in [0, 0.1) is 4.84 Å². The molecular weight excluding hydrogens is 297 g/mol. The van der Waals surface area contributed by atoms with Crippen molar-refractivity contribution in [2.24, 2.45) is 0 Å². The van der Waals surface area contributed by atoms with E-state index in [2.05, 4.69) is 15.0 Å². The summed E-state index contributed by atoms with van der Waals surface area (Å²) in [4.78, 5) is 14.3. The van der Waals surface area contributed by atoms with Gasteiger partial charge in [-0.25, -0.2) is 0 Å². The summed E-state index contributed by atoms with van der Waals surface area (Å²) >= 11 is 4.80. The minimum Gasteiger partial charge on any atom is -0.429 e. The Balaban J connectivity index is 1.94. The number of anilines is 1. The van der Waals surface area contributed by atoms with Gasteiger partial charge in [-0.05, 0) is 24.4 Å². The molecule has 1 aromatic heterocycles. The maximum atomic E-state index is 11.8. The van der Waals surface area contributed by atoms with Gasteiger partial charge in [-0.1, -0.05) is 0 Å². The molecule has 1 heterocycles. The van der Waals surface area contributed by atoms with Crippen LogP contribution in [0.3, 0.4) is 0 Å². The van der Waals surface area contributed by atoms with Crippen molar-refractivity contribution in [1.29, 1.82) is 0 Å². The summed E-state index contributed by atoms with van der Waals surface area (Å²) in [6.07, 6.45) is -4.46. The fraction of sp³-hybridized carbons (Fsp3) is 0.273. The number of aromatic amines is 1. The van der Waals surface area contributed by atoms with Gasteiger partial charge in [0.15, 0.2) is 5.58 Å². The number of carbonyl (C=O) groups is 1. The molecule has 0 saturated heterocycles. The molecule has 0 spiro atoms. The number of rotatable bonds is 4. The third-order valence-electron chi connectivity index (χ3n) is 2.20. The summed E-state index contributed by atoms with van der Waals surface area (Å²) in [5.74, 6) is -0.692. The first-order valence-electron chi connectivity index (χ1n) is 5.41. The second-order valence-corrected chi connectivity index (χ2v) is 4.25. The summed E-state index contributed by atoms with van der Waals surface area (Å²) in [7, 11) is 0. The molecule has 2 rings (SSSR count). The van der Waals surface area contributed by atoms with E-state index in [9.17, 15) is 18.0 Å². The maximum Gasteiger partial charge on any atom is 0.411 e. The molecule has 0 fully saturated rings. The average Bonchev–Trinajstić information content (AvgIpc) is 2.66. The van der Waals surface area contributed by atoms with E-state index in [1.54, 1.807) is 12.1 Å². The highest BCUT2D eigenvalue weighted by Crippen LogP contribution is 2.19. The molecule has 0 aliphatic heterocycles. The number of carbonyl (C=O) groups excluding carboxylic acids is 1. The zero-order valence-corrected chi connectivity index (χ0v) is 10.7. The Kier molecular flexibility index (Phi) is 4.09. The van der Waals surface area contributed by atoms with E-state index in [-0.39, 0.29) is 4.84 Å². The lowest BCUT2D eigenvalue weighted by molar-refractivity contribution is -0.174. The summed E-state index contributed by atoms with van der Waals surface area (Å²) in [6, 6.07) is 4.69. The Bertz CT molecular complexity index is 677. The van der Waals surface area contributed by atoms with Gasteiger partial charge in [0.2, 0.25) is 5.91 Å². The van der Waals surface area contributed by atoms with Crippen LogP contribution < -0.4 is 5.32 Å². The van der Waals surface area contributed by atoms with Gasteiger partial charge in [-0.15, -0.1) is 0 Å². The molecule has 0 aliphatic carbocycles. The first-order chi connectivity index (χ1) is 9.33. The standard InChI is InChI=1S/C11H9F3N2O3S/c12-11(13,14)5-18-4-9(17)15-6-1-2-7-8(3-6)19-10(20)16-7/h1-3H,4-5H2,(H,15,17)(H,16,20). The molecule has 0 aliphatic rings. The van der Waals surface area contributed by atoms with E-state index in [1.165, 1.54) is 6.07 Å². The van der Waals surface area contributed by atoms with Gasteiger partial charge < -0.3 is 19.5 Å². The van der Waals surface area contributed by atoms with Crippen LogP contribution >= 0.6 is 12.2 Å². The Hall–Kier alpha value is -1.87. The number of aromatic nitrogens is 1. The molecule has 0 unspecified atom stereocenters. The molecule has 2 N–H and O–H groups in total. The van der Waals surface area contributed by atoms with E-state index in [0.717, 1.165) is 0 Å². The second kappa shape index (κ2) is 5.63. The first kappa shape index (κ1) is 14.5. The number of amides is 1. The van der Waals surface area contributed by atoms with Crippen LogP contribution in [0.25, 0.3) is 11.1 Å². The van der Waals surface area contributed by atoms with Crippen LogP contribution in [-0.2, 0) is 9.53 Å². The van der Waals surface area contributed by atoms with E-state index >= 15 is 0 Å². The predicted molar refractivity (Wildman–Crippen MR) is 66.9 cm³/mol. The van der Waals surface area contributed by atoms with Crippen LogP contribution in [0.1, 0.15) is 0 Å². The number of halogens is 3. The molecule has 0 saturated carbocycles. The van der Waals surface area contributed by atoms with Crippen LogP contribution in [-0.4, -0.2) is 30.3 Å². The molecule has 20 heavy (non-hydrogen) atoms. The van der Waals surface area contributed by atoms with Gasteiger partial charge in [0.25, 0.3) is 4.84 Å². The number of hydrogen-bond donors (Lipinski definition) is 2. The quantitative estimate of drug-likeness (QED) is 0.852. The minimum absolute atomic E-state index is 0.192. The lowest BCUT2D eigenvalue weighted by Gasteiger charge is -2.08. The summed E-state index contributed by atoms with van der Waals surface area (Å²) in [5.41, 5.74) is 1.46. The Morgan fingerprint density at radius 2 is 2.20 bits per heavy atom. The highest BCUT2D eigenvalue weighted by molar-refractivity contribution is 7.71. The lowest BCUT2D eigenvalue weighted by atomic mass is 10.3. The number of ether oxygens (including phenoxy) is 1. The highest BCUT2D eigenvalue weighted by atomic mass is 32.1. The number of H-pyrrole nitrogens is 1. The Morgan fingerprint density at radius 3 is 2.90 bits per heavy atom. The number of fused-ring (bicyclic) bond motifs is 1. The third-order valence-corrected chi connectivity index (χ3v) is 2.39. The van der Waals surface area contributed by atoms with Gasteiger partial charge >= 0.3 is 6.18 Å². The SMILES string of the molecule is O=C(COCC(F)(F)F)Nc1ccc2[nH]c(=S)oc2c1. The molecule has 1 amide bonds. The van der Waals surface area contributed by atoms with E-state index in [4.69, 9.17) is 16.6 Å². The van der Waals surface area contributed by atoms with Crippen molar-refractivity contribution in [3.05, 3.63) is 23.0 Å². The monoisotopic (exact) mass is 306 g/mol. The van der Waals surface area contributed by atoms with Gasteiger partial charge in [-0.3, -0.25) is 4.79 Å². The zero-order valence-electron chi connectivity index (χ0n) is 9.91. The van der Waals surface area contributed by atoms with E-state index < -0.39 is 25.3 Å². The molecule has 1 aromatic carbocycles. The largest absolute Gasteiger partial charge is 0.429 e. The highest BCUT2D eigenvalue weighted by Gasteiger charge is 2.27. The van der Waals surface area contributed by atoms with Crippen molar-refractivity contribution < 1.29 is 27.1 Å². The van der Waals surface area contributed by atoms with Gasteiger partial charge in [0.1, 0.15) is 13.2 Å². The normalized spacial score (nSPS) is 11.8. The van der Waals surface area contributed by atoms with Crippen molar-refractivity contribution in [3.63, 3.8) is 0 Å². The van der Waals surface area contributed by atoms with Gasteiger partial charge in [0, 0.05) is 11.8 Å². The molecule has 9 heteroatoms. The van der Waals surface area contributed by atoms with Crippen LogP contribution in [0.5, 0.6) is 0 Å². The van der Waals surface area contributed by atoms with E-state index in [1.807, 2.05) is 0 Å². The van der Waals surface area contributed by atoms with Crippen LogP contribution in [0.15, 0.2) is 22.6 Å². The average molecular weight is 306 g/mol. The number of nitrogens with one attached hydrogen (secondary N) is 2. The van der Waals surface area contributed by atoms with Gasteiger partial charge in [-0.2, -0.15) is 13.2 Å². The van der Waals surface area contributed by atoms with Crippen LogP contribution in [0.2, 0.25) is 0 Å². The van der Waals surface area contributed by atoms with E-state index in [0.29, 0.717) is 16.8 Å². The number of benzene rings is 1. The number of hydrogen-bond acceptors (Lipinski definition) is 4. The van der Waals surface area contributed by atoms with Crippen LogP contribution in [0.4, 0.5) is 18.9 Å². The van der Waals surface area contributed by atoms with Crippen molar-refractivity contribution in [3.8, 4) is 0 Å². The molecule has 108 valence electrons. The fourth-order valence-electron chi connectivity index (χ4n) is 1.48. The summed E-state index contributed by atoms with van der Waals surface area (Å²) in [6.45, 7) is -2.15. The first-order valence-corrected chi connectivity index (χ1v) is 5.81. The molecular formula is C11H9F3N2O3S. The molecule has 2 aromatic rings. The maximum absolute atomic E-state index is 11.8. The molecule has 0 bridgehead atoms. The minimum atomic E-state index is -4.46. The number of alkyl halides is 3. The topological polar surface area (TPSA) is 67.3 Å². The van der Waals surface area contributed by atoms with Gasteiger partial charge in [0.05, 0.1) is 5.52 Å². The van der Waals surface area contributed by atoms with Crippen molar-refractivity contribution in [2.75, 3.05) is 18.5 Å². The summed E-state index contributed by atoms with van der Waals surface area (Å²) < 4.78 is 44.9. The predicted octanol–water partition coefficient (Wildman–Crippen LogP) is 3.01. The fourth-order valence-corrected chi connectivity index (χ4v) is 1.68. The molecule has 5 nitrogen and oxygen atoms in total.